The van der Waals surface area contributed by atoms with E-state index < -0.39 is 7.25 Å². The fourth-order valence-electron chi connectivity index (χ4n) is 3.18. The van der Waals surface area contributed by atoms with E-state index in [4.69, 9.17) is 0 Å². The van der Waals surface area contributed by atoms with Crippen LogP contribution in [0.5, 0.6) is 0 Å². The summed E-state index contributed by atoms with van der Waals surface area (Å²) in [6, 6.07) is 10.9. The van der Waals surface area contributed by atoms with Crippen molar-refractivity contribution < 1.29 is 23.2 Å². The molecule has 0 spiro atoms. The van der Waals surface area contributed by atoms with Gasteiger partial charge < -0.3 is 21.7 Å². The van der Waals surface area contributed by atoms with E-state index in [1.54, 1.807) is 0 Å². The minimum absolute atomic E-state index is 0. The molecule has 0 radical (unpaired) electrons. The predicted molar refractivity (Wildman–Crippen MR) is 110 cm³/mol. The van der Waals surface area contributed by atoms with Gasteiger partial charge in [0, 0.05) is 5.56 Å². The van der Waals surface area contributed by atoms with Gasteiger partial charge in [0.25, 0.3) is 0 Å². The number of halogens is 4. The number of unbranched alkanes of at least 4 members (excludes halogenated alkanes) is 9. The summed E-state index contributed by atoms with van der Waals surface area (Å²) in [5, 5.41) is 0. The van der Waals surface area contributed by atoms with Gasteiger partial charge >= 0.3 is 8.68 Å². The van der Waals surface area contributed by atoms with Crippen LogP contribution in [0.4, 0.5) is 17.3 Å². The molecule has 0 aromatic heterocycles. The molecule has 158 valence electrons. The van der Waals surface area contributed by atoms with Gasteiger partial charge in [-0.1, -0.05) is 88.6 Å². The van der Waals surface area contributed by atoms with Crippen LogP contribution >= 0.6 is 0 Å². The van der Waals surface area contributed by atoms with E-state index in [-0.39, 0.29) is 1.43 Å². The Morgan fingerprint density at radius 3 is 1.59 bits per heavy atom. The number of hydrogen-bond acceptors (Lipinski definition) is 0. The van der Waals surface area contributed by atoms with E-state index in [9.17, 15) is 17.3 Å². The second-order valence-corrected chi connectivity index (χ2v) is 7.98. The summed E-state index contributed by atoms with van der Waals surface area (Å²) in [4.78, 5) is 0. The molecule has 1 nitrogen and oxygen atoms in total. The van der Waals surface area contributed by atoms with Gasteiger partial charge in [-0.15, -0.1) is 0 Å². The van der Waals surface area contributed by atoms with Crippen molar-refractivity contribution in [1.29, 1.82) is 0 Å². The minimum atomic E-state index is -6.00. The second-order valence-electron chi connectivity index (χ2n) is 7.98. The summed E-state index contributed by atoms with van der Waals surface area (Å²) in [6.45, 7) is 4.74. The van der Waals surface area contributed by atoms with E-state index in [0.717, 1.165) is 11.0 Å². The zero-order valence-electron chi connectivity index (χ0n) is 18.4. The third-order valence-electron chi connectivity index (χ3n) is 4.57. The minimum Gasteiger partial charge on any atom is -0.418 e. The van der Waals surface area contributed by atoms with Crippen LogP contribution in [0.1, 0.15) is 78.1 Å². The highest BCUT2D eigenvalue weighted by atomic mass is 19.5. The third-order valence-corrected chi connectivity index (χ3v) is 4.57. The lowest BCUT2D eigenvalue weighted by molar-refractivity contribution is -0.903. The average molecular weight is 392 g/mol. The smallest absolute Gasteiger partial charge is 0.418 e. The van der Waals surface area contributed by atoms with Gasteiger partial charge in [-0.05, 0) is 12.8 Å². The molecule has 0 saturated carbocycles. The summed E-state index contributed by atoms with van der Waals surface area (Å²) < 4.78 is 40.1. The lowest BCUT2D eigenvalue weighted by atomic mass is 10.1. The Morgan fingerprint density at radius 1 is 0.741 bits per heavy atom. The summed E-state index contributed by atoms with van der Waals surface area (Å²) in [6.07, 6.45) is 14.2. The fraction of sp³-hybridized carbons (Fsp3) is 0.714. The number of rotatable bonds is 13. The maximum Gasteiger partial charge on any atom is 1.00 e. The SMILES string of the molecule is CCCCCCCCCCCC[N+](C)(C)Cc1ccccc1.F[B-](F)(F)F.[H+]. The maximum atomic E-state index is 9.75. The van der Waals surface area contributed by atoms with E-state index in [2.05, 4.69) is 51.4 Å². The Bertz CT molecular complexity index is 449. The van der Waals surface area contributed by atoms with Crippen LogP contribution in [0, 0.1) is 0 Å². The van der Waals surface area contributed by atoms with Crippen LogP contribution in [0.2, 0.25) is 0 Å². The molecule has 0 heterocycles. The van der Waals surface area contributed by atoms with Crippen molar-refractivity contribution in [2.45, 2.75) is 77.7 Å². The quantitative estimate of drug-likeness (QED) is 0.140. The van der Waals surface area contributed by atoms with Crippen molar-refractivity contribution in [1.82, 2.24) is 0 Å². The zero-order chi connectivity index (χ0) is 20.6. The van der Waals surface area contributed by atoms with Crippen molar-refractivity contribution >= 4 is 7.25 Å². The number of hydrogen-bond donors (Lipinski definition) is 0. The van der Waals surface area contributed by atoms with Crippen molar-refractivity contribution in [2.24, 2.45) is 0 Å². The summed E-state index contributed by atoms with van der Waals surface area (Å²) in [5.41, 5.74) is 1.46. The van der Waals surface area contributed by atoms with Crippen molar-refractivity contribution in [2.75, 3.05) is 20.6 Å². The van der Waals surface area contributed by atoms with E-state index in [1.807, 2.05) is 0 Å². The standard InChI is InChI=1S/C21H38N.BF4/c1-4-5-6-7-8-9-10-11-12-16-19-22(2,3)20-21-17-14-13-15-18-21;2-1(3,4)5/h13-15,17-18H,4-12,16,19-20H2,1-3H3;/q+1;-1/p+1. The number of nitrogens with zero attached hydrogens (tertiary/aromatic N) is 1. The summed E-state index contributed by atoms with van der Waals surface area (Å²) >= 11 is 0. The molecule has 0 bridgehead atoms. The third kappa shape index (κ3) is 21.1. The molecule has 0 saturated heterocycles. The van der Waals surface area contributed by atoms with Gasteiger partial charge in [-0.3, -0.25) is 0 Å². The second kappa shape index (κ2) is 15.0. The molecule has 0 fully saturated rings. The first-order chi connectivity index (χ1) is 12.6. The van der Waals surface area contributed by atoms with Gasteiger partial charge in [0.05, 0.1) is 20.6 Å². The van der Waals surface area contributed by atoms with Gasteiger partial charge in [0.1, 0.15) is 6.54 Å². The predicted octanol–water partition coefficient (Wildman–Crippen LogP) is 7.60. The fourth-order valence-corrected chi connectivity index (χ4v) is 3.18. The first-order valence-electron chi connectivity index (χ1n) is 10.4. The molecular weight excluding hydrogens is 353 g/mol. The highest BCUT2D eigenvalue weighted by molar-refractivity contribution is 6.50. The highest BCUT2D eigenvalue weighted by Crippen LogP contribution is 2.14. The van der Waals surface area contributed by atoms with E-state index in [1.165, 1.54) is 76.3 Å². The zero-order valence-corrected chi connectivity index (χ0v) is 17.4. The first-order valence-corrected chi connectivity index (χ1v) is 10.4. The van der Waals surface area contributed by atoms with Gasteiger partial charge in [0.2, 0.25) is 0 Å². The van der Waals surface area contributed by atoms with Crippen LogP contribution in [-0.2, 0) is 6.54 Å². The Hall–Kier alpha value is -1.04. The van der Waals surface area contributed by atoms with Gasteiger partial charge in [0.15, 0.2) is 0 Å². The Kier molecular flexibility index (Phi) is 14.4. The number of quaternary nitrogens is 1. The molecule has 6 heteroatoms. The highest BCUT2D eigenvalue weighted by Gasteiger charge is 2.20. The molecule has 27 heavy (non-hydrogen) atoms. The summed E-state index contributed by atoms with van der Waals surface area (Å²) in [7, 11) is -1.28. The molecule has 1 aromatic rings. The monoisotopic (exact) mass is 392 g/mol. The molecule has 0 unspecified atom stereocenters. The van der Waals surface area contributed by atoms with E-state index in [0.29, 0.717) is 0 Å². The van der Waals surface area contributed by atoms with Crippen molar-refractivity contribution in [3.05, 3.63) is 35.9 Å². The number of benzene rings is 1. The molecule has 1 rings (SSSR count). The largest absolute Gasteiger partial charge is 1.00 e. The Morgan fingerprint density at radius 2 is 1.15 bits per heavy atom. The Labute approximate surface area is 165 Å². The first kappa shape index (κ1) is 26.0. The van der Waals surface area contributed by atoms with Crippen LogP contribution in [0.25, 0.3) is 0 Å². The average Bonchev–Trinajstić information content (AvgIpc) is 2.55. The summed E-state index contributed by atoms with van der Waals surface area (Å²) in [5.74, 6) is 0. The molecular formula is C21H39BF4N+. The maximum absolute atomic E-state index is 9.75. The molecule has 0 aliphatic rings. The molecule has 0 N–H and O–H groups in total. The van der Waals surface area contributed by atoms with E-state index >= 15 is 0 Å². The molecule has 0 aliphatic carbocycles. The lowest BCUT2D eigenvalue weighted by Crippen LogP contribution is -2.39. The van der Waals surface area contributed by atoms with Crippen LogP contribution in [0.15, 0.2) is 30.3 Å². The van der Waals surface area contributed by atoms with Crippen molar-refractivity contribution in [3.63, 3.8) is 0 Å². The van der Waals surface area contributed by atoms with Crippen LogP contribution in [-0.4, -0.2) is 32.4 Å². The normalized spacial score (nSPS) is 11.8. The van der Waals surface area contributed by atoms with Gasteiger partial charge in [-0.25, -0.2) is 0 Å². The lowest BCUT2D eigenvalue weighted by Gasteiger charge is -2.30. The molecule has 0 aliphatic heterocycles. The van der Waals surface area contributed by atoms with Crippen molar-refractivity contribution in [3.8, 4) is 0 Å². The van der Waals surface area contributed by atoms with Crippen LogP contribution in [0.3, 0.4) is 0 Å². The Balaban J connectivity index is 0. The van der Waals surface area contributed by atoms with Gasteiger partial charge in [-0.2, -0.15) is 0 Å². The molecule has 1 aromatic carbocycles. The van der Waals surface area contributed by atoms with Crippen LogP contribution < -0.4 is 0 Å². The molecule has 0 atom stereocenters. The molecule has 0 amide bonds. The topological polar surface area (TPSA) is 0 Å².